The highest BCUT2D eigenvalue weighted by Crippen LogP contribution is 2.43. The number of methoxy groups -OCH3 is 1. The third-order valence-corrected chi connectivity index (χ3v) is 8.26. The van der Waals surface area contributed by atoms with Crippen molar-refractivity contribution in [2.45, 2.75) is 25.3 Å². The number of benzene rings is 1. The minimum atomic E-state index is -3.32. The highest BCUT2D eigenvalue weighted by molar-refractivity contribution is 7.88. The summed E-state index contributed by atoms with van der Waals surface area (Å²) in [6, 6.07) is 6.89. The molecule has 196 valence electrons. The van der Waals surface area contributed by atoms with Gasteiger partial charge in [0.15, 0.2) is 5.75 Å². The second-order valence-corrected chi connectivity index (χ2v) is 11.4. The summed E-state index contributed by atoms with van der Waals surface area (Å²) in [6.45, 7) is 1.20. The zero-order valence-corrected chi connectivity index (χ0v) is 22.1. The Morgan fingerprint density at radius 3 is 2.92 bits per heavy atom. The van der Waals surface area contributed by atoms with Gasteiger partial charge in [0.05, 0.1) is 53.3 Å². The number of aromatic amines is 1. The van der Waals surface area contributed by atoms with E-state index in [2.05, 4.69) is 20.6 Å². The number of halogens is 1. The Morgan fingerprint density at radius 1 is 1.30 bits per heavy atom. The highest BCUT2D eigenvalue weighted by atomic mass is 35.5. The number of nitrogens with one attached hydrogen (secondary N) is 3. The summed E-state index contributed by atoms with van der Waals surface area (Å²) < 4.78 is 37.5. The minimum absolute atomic E-state index is 0.192. The number of anilines is 2. The van der Waals surface area contributed by atoms with Crippen LogP contribution in [0.2, 0.25) is 5.02 Å². The fourth-order valence-corrected chi connectivity index (χ4v) is 6.38. The predicted molar refractivity (Wildman–Crippen MR) is 141 cm³/mol. The van der Waals surface area contributed by atoms with Crippen molar-refractivity contribution in [1.82, 2.24) is 19.6 Å². The van der Waals surface area contributed by atoms with E-state index in [0.717, 1.165) is 18.5 Å². The summed E-state index contributed by atoms with van der Waals surface area (Å²) >= 11 is 6.34. The Kier molecular flexibility index (Phi) is 7.02. The van der Waals surface area contributed by atoms with Crippen molar-refractivity contribution >= 4 is 38.9 Å². The van der Waals surface area contributed by atoms with Crippen LogP contribution in [0, 0.1) is 0 Å². The van der Waals surface area contributed by atoms with Crippen molar-refractivity contribution in [2.24, 2.45) is 0 Å². The van der Waals surface area contributed by atoms with Gasteiger partial charge in [0, 0.05) is 37.0 Å². The molecule has 0 radical (unpaired) electrons. The van der Waals surface area contributed by atoms with E-state index in [0.29, 0.717) is 64.2 Å². The second-order valence-electron chi connectivity index (χ2n) is 9.03. The molecular weight excluding hydrogens is 518 g/mol. The molecule has 1 atom stereocenters. The molecule has 0 bridgehead atoms. The van der Waals surface area contributed by atoms with E-state index < -0.39 is 10.0 Å². The summed E-state index contributed by atoms with van der Waals surface area (Å²) in [6.07, 6.45) is 6.60. The molecule has 1 amide bonds. The Hall–Kier alpha value is -3.28. The van der Waals surface area contributed by atoms with E-state index in [-0.39, 0.29) is 18.6 Å². The molecule has 4 heterocycles. The number of nitrogens with zero attached hydrogens (tertiary/aromatic N) is 2. The number of para-hydroxylation sites is 1. The smallest absolute Gasteiger partial charge is 0.255 e. The van der Waals surface area contributed by atoms with Crippen molar-refractivity contribution in [3.63, 3.8) is 0 Å². The Labute approximate surface area is 220 Å². The first-order chi connectivity index (χ1) is 17.8. The van der Waals surface area contributed by atoms with Crippen LogP contribution < -0.4 is 20.1 Å². The molecule has 0 aliphatic carbocycles. The van der Waals surface area contributed by atoms with E-state index >= 15 is 0 Å². The number of carbonyl (C=O) groups excluding carboxylic acids is 1. The van der Waals surface area contributed by atoms with Crippen LogP contribution in [0.4, 0.5) is 11.4 Å². The number of aromatic nitrogens is 2. The molecule has 37 heavy (non-hydrogen) atoms. The van der Waals surface area contributed by atoms with Crippen LogP contribution in [0.25, 0.3) is 11.3 Å². The average Bonchev–Trinajstić information content (AvgIpc) is 3.49. The molecule has 2 aliphatic rings. The zero-order valence-electron chi connectivity index (χ0n) is 20.5. The summed E-state index contributed by atoms with van der Waals surface area (Å²) in [7, 11) is -1.79. The maximum atomic E-state index is 12.9. The Morgan fingerprint density at radius 2 is 2.14 bits per heavy atom. The van der Waals surface area contributed by atoms with Crippen LogP contribution in [0.1, 0.15) is 28.9 Å². The quantitative estimate of drug-likeness (QED) is 0.395. The molecule has 1 aromatic carbocycles. The third-order valence-electron chi connectivity index (χ3n) is 6.63. The van der Waals surface area contributed by atoms with E-state index in [1.165, 1.54) is 17.7 Å². The normalized spacial score (nSPS) is 17.8. The number of carbonyl (C=O) groups is 1. The predicted octanol–water partition coefficient (Wildman–Crippen LogP) is 3.57. The monoisotopic (exact) mass is 545 g/mol. The molecule has 0 saturated carbocycles. The number of pyridine rings is 1. The molecule has 1 saturated heterocycles. The van der Waals surface area contributed by atoms with Gasteiger partial charge >= 0.3 is 0 Å². The maximum Gasteiger partial charge on any atom is 0.255 e. The van der Waals surface area contributed by atoms with Gasteiger partial charge in [-0.15, -0.1) is 0 Å². The van der Waals surface area contributed by atoms with E-state index in [1.54, 1.807) is 30.6 Å². The summed E-state index contributed by atoms with van der Waals surface area (Å²) in [4.78, 5) is 20.6. The SMILES string of the molecule is COc1c(Cl)cccc1Nc1c(-c2ccncc2OC[C@@H]2CCCN2S(C)(=O)=O)[nH]c2c1C(=O)NCC2. The second kappa shape index (κ2) is 10.2. The number of hydrogen-bond acceptors (Lipinski definition) is 7. The van der Waals surface area contributed by atoms with Crippen LogP contribution in [0.15, 0.2) is 36.7 Å². The zero-order chi connectivity index (χ0) is 26.2. The van der Waals surface area contributed by atoms with Crippen LogP contribution in [-0.4, -0.2) is 67.7 Å². The third kappa shape index (κ3) is 4.98. The lowest BCUT2D eigenvalue weighted by Gasteiger charge is -2.23. The summed E-state index contributed by atoms with van der Waals surface area (Å²) in [5, 5.41) is 6.69. The molecule has 5 rings (SSSR count). The lowest BCUT2D eigenvalue weighted by molar-refractivity contribution is 0.0947. The lowest BCUT2D eigenvalue weighted by atomic mass is 10.0. The first kappa shape index (κ1) is 25.4. The molecular formula is C25H28ClN5O5S. The van der Waals surface area contributed by atoms with Gasteiger partial charge in [0.1, 0.15) is 12.4 Å². The number of hydrogen-bond donors (Lipinski definition) is 3. The fourth-order valence-electron chi connectivity index (χ4n) is 4.96. The van der Waals surface area contributed by atoms with Gasteiger partial charge in [-0.2, -0.15) is 4.31 Å². The van der Waals surface area contributed by atoms with Crippen molar-refractivity contribution < 1.29 is 22.7 Å². The largest absolute Gasteiger partial charge is 0.493 e. The standard InChI is InChI=1S/C25H28ClN5O5S/c1-35-24-17(26)6-3-7-19(24)30-23-21-18(9-11-28-25(21)32)29-22(23)16-8-10-27-13-20(16)36-14-15-5-4-12-31(15)37(2,33)34/h3,6-8,10,13,15,29-30H,4-5,9,11-12,14H2,1-2H3,(H,28,32)/t15-/m0/s1. The number of fused-ring (bicyclic) bond motifs is 1. The van der Waals surface area contributed by atoms with Crippen molar-refractivity contribution in [1.29, 1.82) is 0 Å². The molecule has 3 aromatic rings. The topological polar surface area (TPSA) is 126 Å². The van der Waals surface area contributed by atoms with Crippen molar-refractivity contribution in [3.05, 3.63) is 52.9 Å². The summed E-state index contributed by atoms with van der Waals surface area (Å²) in [5.74, 6) is 0.732. The Bertz CT molecular complexity index is 1440. The number of sulfonamides is 1. The molecule has 2 aromatic heterocycles. The van der Waals surface area contributed by atoms with E-state index in [4.69, 9.17) is 21.1 Å². The molecule has 12 heteroatoms. The van der Waals surface area contributed by atoms with Gasteiger partial charge in [-0.25, -0.2) is 8.42 Å². The van der Waals surface area contributed by atoms with Gasteiger partial charge < -0.3 is 25.1 Å². The van der Waals surface area contributed by atoms with Gasteiger partial charge in [-0.3, -0.25) is 9.78 Å². The van der Waals surface area contributed by atoms with Gasteiger partial charge in [-0.1, -0.05) is 17.7 Å². The van der Waals surface area contributed by atoms with Gasteiger partial charge in [0.2, 0.25) is 10.0 Å². The minimum Gasteiger partial charge on any atom is -0.493 e. The number of rotatable bonds is 8. The van der Waals surface area contributed by atoms with Crippen LogP contribution in [0.5, 0.6) is 11.5 Å². The summed E-state index contributed by atoms with van der Waals surface area (Å²) in [5.41, 5.74) is 3.79. The number of amides is 1. The highest BCUT2D eigenvalue weighted by Gasteiger charge is 2.33. The number of ether oxygens (including phenoxy) is 2. The van der Waals surface area contributed by atoms with Gasteiger partial charge in [0.25, 0.3) is 5.91 Å². The average molecular weight is 546 g/mol. The Balaban J connectivity index is 1.54. The van der Waals surface area contributed by atoms with Crippen LogP contribution >= 0.6 is 11.6 Å². The molecule has 0 unspecified atom stereocenters. The fraction of sp³-hybridized carbons (Fsp3) is 0.360. The van der Waals surface area contributed by atoms with Crippen molar-refractivity contribution in [3.8, 4) is 22.8 Å². The first-order valence-electron chi connectivity index (χ1n) is 11.9. The number of H-pyrrole nitrogens is 1. The van der Waals surface area contributed by atoms with Crippen LogP contribution in [0.3, 0.4) is 0 Å². The van der Waals surface area contributed by atoms with Crippen LogP contribution in [-0.2, 0) is 16.4 Å². The maximum absolute atomic E-state index is 12.9. The first-order valence-corrected chi connectivity index (χ1v) is 14.2. The molecule has 2 aliphatic heterocycles. The van der Waals surface area contributed by atoms with Crippen molar-refractivity contribution in [2.75, 3.05) is 38.4 Å². The molecule has 3 N–H and O–H groups in total. The van der Waals surface area contributed by atoms with Gasteiger partial charge in [-0.05, 0) is 31.0 Å². The van der Waals surface area contributed by atoms with E-state index in [9.17, 15) is 13.2 Å². The molecule has 10 nitrogen and oxygen atoms in total. The molecule has 0 spiro atoms. The van der Waals surface area contributed by atoms with E-state index in [1.807, 2.05) is 6.07 Å². The molecule has 1 fully saturated rings. The lowest BCUT2D eigenvalue weighted by Crippen LogP contribution is -2.38.